The standard InChI is InChI=1S/Ga.In.2O.2Zn.4H. The van der Waals surface area contributed by atoms with E-state index in [-0.39, 0.29) is 81.9 Å². The molecule has 0 aliphatic heterocycles. The third kappa shape index (κ3) is 32.9. The molecule has 0 atom stereocenters. The fraction of sp³-hybridized carbons (Fsp3) is 0. The Bertz CT molecular complexity index is 13.5. The van der Waals surface area contributed by atoms with Crippen molar-refractivity contribution in [1.29, 1.82) is 0 Å². The summed E-state index contributed by atoms with van der Waals surface area (Å²) in [7, 11) is 0. The summed E-state index contributed by atoms with van der Waals surface area (Å²) in [6.07, 6.45) is 0. The normalized spacial score (nSPS) is 1.50. The van der Waals surface area contributed by atoms with E-state index < -0.39 is 0 Å². The first-order valence-corrected chi connectivity index (χ1v) is 3.44. The largest absolute Gasteiger partial charge is 0 e. The summed E-state index contributed by atoms with van der Waals surface area (Å²) in [5, 5.41) is 0. The van der Waals surface area contributed by atoms with Gasteiger partial charge in [0.15, 0.2) is 0 Å². The summed E-state index contributed by atoms with van der Waals surface area (Å²) in [5.74, 6) is 0. The Balaban J connectivity index is -0.00000000500. The molecule has 0 aromatic carbocycles. The van der Waals surface area contributed by atoms with Gasteiger partial charge in [0.05, 0.1) is 0 Å². The van der Waals surface area contributed by atoms with Crippen molar-refractivity contribution in [3.05, 3.63) is 0 Å². The molecule has 0 aromatic rings. The van der Waals surface area contributed by atoms with Crippen LogP contribution in [0, 0.1) is 0 Å². The van der Waals surface area contributed by atoms with Gasteiger partial charge >= 0.3 is 68.8 Å². The molecule has 26 valence electrons. The van der Waals surface area contributed by atoms with E-state index in [1.54, 1.807) is 0 Å². The topological polar surface area (TPSA) is 34.1 Å². The van der Waals surface area contributed by atoms with E-state index in [0.29, 0.717) is 0 Å². The minimum Gasteiger partial charge on any atom is 0 e. The van der Waals surface area contributed by atoms with Crippen molar-refractivity contribution in [2.24, 2.45) is 0 Å². The molecule has 0 radical (unpaired) electrons. The van der Waals surface area contributed by atoms with Gasteiger partial charge in [-0.2, -0.15) is 0 Å². The molecule has 0 aliphatic rings. The zero-order chi connectivity index (χ0) is 4.00. The molecule has 6 heavy (non-hydrogen) atoms. The van der Waals surface area contributed by atoms with Crippen LogP contribution in [-0.4, -0.2) is 44.2 Å². The van der Waals surface area contributed by atoms with E-state index in [1.807, 2.05) is 0 Å². The molecule has 2 nitrogen and oxygen atoms in total. The molecule has 0 unspecified atom stereocenters. The molecular weight excluding hydrogens is 347 g/mol. The summed E-state index contributed by atoms with van der Waals surface area (Å²) < 4.78 is 16.8. The summed E-state index contributed by atoms with van der Waals surface area (Å²) in [6.45, 7) is 0. The minimum absolute atomic E-state index is 0. The third-order valence-electron chi connectivity index (χ3n) is 0. The fourth-order valence-corrected chi connectivity index (χ4v) is 0. The van der Waals surface area contributed by atoms with Crippen LogP contribution in [0.5, 0.6) is 0 Å². The van der Waals surface area contributed by atoms with Gasteiger partial charge in [-0.25, -0.2) is 0 Å². The number of hydrogen-bond acceptors (Lipinski definition) is 2. The molecule has 0 amide bonds. The SMILES string of the molecule is [GaH3].[O]=[InH].[O]=[Zn].[Zn]. The van der Waals surface area contributed by atoms with Crippen molar-refractivity contribution in [3.63, 3.8) is 0 Å². The van der Waals surface area contributed by atoms with Crippen molar-refractivity contribution in [2.75, 3.05) is 0 Å². The Hall–Kier alpha value is 2.35. The van der Waals surface area contributed by atoms with Crippen molar-refractivity contribution >= 4 is 44.2 Å². The summed E-state index contributed by atoms with van der Waals surface area (Å²) in [4.78, 5) is 0. The van der Waals surface area contributed by atoms with Crippen LogP contribution in [0.2, 0.25) is 0 Å². The first kappa shape index (κ1) is 23.8. The average Bonchev–Trinajstić information content (AvgIpc) is 1.50. The van der Waals surface area contributed by atoms with E-state index in [9.17, 15) is 0 Å². The Morgan fingerprint density at radius 2 is 1.17 bits per heavy atom. The summed E-state index contributed by atoms with van der Waals surface area (Å²) in [5.41, 5.74) is 0. The van der Waals surface area contributed by atoms with Gasteiger partial charge in [0.25, 0.3) is 0 Å². The van der Waals surface area contributed by atoms with Crippen LogP contribution in [0.25, 0.3) is 0 Å². The van der Waals surface area contributed by atoms with Crippen molar-refractivity contribution in [3.8, 4) is 0 Å². The first-order chi connectivity index (χ1) is 2.00. The molecule has 0 saturated carbocycles. The van der Waals surface area contributed by atoms with E-state index in [4.69, 9.17) is 6.43 Å². The van der Waals surface area contributed by atoms with Crippen LogP contribution in [0.4, 0.5) is 0 Å². The van der Waals surface area contributed by atoms with Crippen molar-refractivity contribution in [1.82, 2.24) is 0 Å². The van der Waals surface area contributed by atoms with Gasteiger partial charge in [0.1, 0.15) is 0 Å². The zero-order valence-corrected chi connectivity index (χ0v) is 12.9. The van der Waals surface area contributed by atoms with E-state index in [1.165, 1.54) is 0 Å². The first-order valence-electron chi connectivity index (χ1n) is 0.577. The molecule has 0 rings (SSSR count). The Morgan fingerprint density at radius 3 is 1.17 bits per heavy atom. The maximum atomic E-state index is 8.42. The predicted octanol–water partition coefficient (Wildman–Crippen LogP) is -2.08. The second-order valence-electron chi connectivity index (χ2n) is 0. The maximum Gasteiger partial charge on any atom is 0 e. The van der Waals surface area contributed by atoms with Crippen LogP contribution in [0.3, 0.4) is 0 Å². The molecule has 0 saturated heterocycles. The van der Waals surface area contributed by atoms with Crippen LogP contribution in [-0.2, 0) is 44.2 Å². The molecular formula is H4GaInO2Zn2. The van der Waals surface area contributed by atoms with Gasteiger partial charge in [-0.1, -0.05) is 0 Å². The minimum atomic E-state index is -0.1000. The van der Waals surface area contributed by atoms with E-state index in [2.05, 4.69) is 0 Å². The van der Waals surface area contributed by atoms with E-state index >= 15 is 0 Å². The molecule has 0 aliphatic carbocycles. The second kappa shape index (κ2) is 53.6. The van der Waals surface area contributed by atoms with Gasteiger partial charge in [-0.05, 0) is 0 Å². The average molecular weight is 351 g/mol. The molecule has 0 fully saturated rings. The van der Waals surface area contributed by atoms with Gasteiger partial charge in [-0.15, -0.1) is 0 Å². The molecule has 0 bridgehead atoms. The van der Waals surface area contributed by atoms with Gasteiger partial charge in [0.2, 0.25) is 0 Å². The summed E-state index contributed by atoms with van der Waals surface area (Å²) >= 11 is 0.0250. The van der Waals surface area contributed by atoms with Gasteiger partial charge < -0.3 is 0 Å². The van der Waals surface area contributed by atoms with Gasteiger partial charge in [0, 0.05) is 19.5 Å². The smallest absolute Gasteiger partial charge is 0 e. The third-order valence-corrected chi connectivity index (χ3v) is 0. The van der Waals surface area contributed by atoms with Crippen molar-refractivity contribution in [2.45, 2.75) is 0 Å². The van der Waals surface area contributed by atoms with E-state index in [0.717, 1.165) is 0 Å². The predicted molar refractivity (Wildman–Crippen MR) is 18.5 cm³/mol. The van der Waals surface area contributed by atoms with Crippen LogP contribution in [0.15, 0.2) is 0 Å². The Morgan fingerprint density at radius 1 is 1.17 bits per heavy atom. The molecule has 0 N–H and O–H groups in total. The Labute approximate surface area is 87.0 Å². The molecule has 6 heteroatoms. The number of hydrogen-bond donors (Lipinski definition) is 0. The van der Waals surface area contributed by atoms with Crippen LogP contribution in [0.1, 0.15) is 0 Å². The monoisotopic (exact) mass is 348 g/mol. The Kier molecular flexibility index (Phi) is 213. The second-order valence-corrected chi connectivity index (χ2v) is 0. The fourth-order valence-electron chi connectivity index (χ4n) is 0. The van der Waals surface area contributed by atoms with Crippen LogP contribution < -0.4 is 0 Å². The molecule has 0 aromatic heterocycles. The quantitative estimate of drug-likeness (QED) is 0.470. The number of rotatable bonds is 0. The van der Waals surface area contributed by atoms with Crippen LogP contribution >= 0.6 is 0 Å². The zero-order valence-electron chi connectivity index (χ0n) is 2.94. The maximum absolute atomic E-state index is 8.42. The molecule has 0 heterocycles. The van der Waals surface area contributed by atoms with Gasteiger partial charge in [-0.3, -0.25) is 0 Å². The molecule has 0 spiro atoms. The van der Waals surface area contributed by atoms with Crippen molar-refractivity contribution < 1.29 is 44.2 Å². The summed E-state index contributed by atoms with van der Waals surface area (Å²) in [6, 6.07) is 0.